The van der Waals surface area contributed by atoms with E-state index in [0.717, 1.165) is 11.3 Å². The van der Waals surface area contributed by atoms with Gasteiger partial charge in [-0.25, -0.2) is 0 Å². The summed E-state index contributed by atoms with van der Waals surface area (Å²) in [6, 6.07) is 14.8. The summed E-state index contributed by atoms with van der Waals surface area (Å²) in [6.45, 7) is 1.94. The number of methoxy groups -OCH3 is 1. The minimum atomic E-state index is -0.233. The molecular formula is C21H23N5O3S. The van der Waals surface area contributed by atoms with E-state index in [9.17, 15) is 9.59 Å². The first kappa shape index (κ1) is 21.4. The monoisotopic (exact) mass is 425 g/mol. The first-order chi connectivity index (χ1) is 14.5. The number of anilines is 2. The summed E-state index contributed by atoms with van der Waals surface area (Å²) in [5.41, 5.74) is 2.38. The van der Waals surface area contributed by atoms with Crippen molar-refractivity contribution in [1.29, 1.82) is 0 Å². The summed E-state index contributed by atoms with van der Waals surface area (Å²) in [7, 11) is 3.32. The van der Waals surface area contributed by atoms with E-state index in [1.807, 2.05) is 43.3 Å². The number of para-hydroxylation sites is 3. The van der Waals surface area contributed by atoms with Crippen LogP contribution >= 0.6 is 11.8 Å². The molecule has 2 N–H and O–H groups in total. The number of nitrogens with one attached hydrogen (secondary N) is 2. The highest BCUT2D eigenvalue weighted by molar-refractivity contribution is 7.99. The Bertz CT molecular complexity index is 1050. The lowest BCUT2D eigenvalue weighted by molar-refractivity contribution is -0.116. The van der Waals surface area contributed by atoms with Crippen LogP contribution in [0.5, 0.6) is 5.75 Å². The van der Waals surface area contributed by atoms with Gasteiger partial charge in [-0.3, -0.25) is 9.59 Å². The van der Waals surface area contributed by atoms with E-state index in [1.165, 1.54) is 11.8 Å². The zero-order valence-corrected chi connectivity index (χ0v) is 17.8. The fourth-order valence-corrected chi connectivity index (χ4v) is 3.47. The highest BCUT2D eigenvalue weighted by atomic mass is 32.2. The predicted octanol–water partition coefficient (Wildman–Crippen LogP) is 3.04. The van der Waals surface area contributed by atoms with Crippen molar-refractivity contribution in [2.75, 3.05) is 23.5 Å². The molecule has 2 amide bonds. The Morgan fingerprint density at radius 2 is 1.67 bits per heavy atom. The summed E-state index contributed by atoms with van der Waals surface area (Å²) in [6.07, 6.45) is 0.0531. The fourth-order valence-electron chi connectivity index (χ4n) is 2.74. The Kier molecular flexibility index (Phi) is 7.08. The molecule has 0 unspecified atom stereocenters. The molecule has 8 nitrogen and oxygen atoms in total. The van der Waals surface area contributed by atoms with Crippen molar-refractivity contribution in [3.63, 3.8) is 0 Å². The molecule has 3 aromatic rings. The van der Waals surface area contributed by atoms with Crippen molar-refractivity contribution in [2.45, 2.75) is 18.5 Å². The molecule has 3 rings (SSSR count). The molecule has 1 heterocycles. The summed E-state index contributed by atoms with van der Waals surface area (Å²) in [5, 5.41) is 14.4. The van der Waals surface area contributed by atoms with Crippen molar-refractivity contribution in [1.82, 2.24) is 14.8 Å². The third-order valence-corrected chi connectivity index (χ3v) is 5.40. The average Bonchev–Trinajstić information content (AvgIpc) is 3.08. The molecule has 0 atom stereocenters. The lowest BCUT2D eigenvalue weighted by atomic mass is 10.2. The third-order valence-electron chi connectivity index (χ3n) is 4.38. The fraction of sp³-hybridized carbons (Fsp3) is 0.238. The summed E-state index contributed by atoms with van der Waals surface area (Å²) < 4.78 is 6.96. The first-order valence-corrected chi connectivity index (χ1v) is 10.3. The smallest absolute Gasteiger partial charge is 0.234 e. The Labute approximate surface area is 179 Å². The van der Waals surface area contributed by atoms with Gasteiger partial charge in [0.1, 0.15) is 11.6 Å². The Balaban J connectivity index is 1.56. The van der Waals surface area contributed by atoms with Crippen LogP contribution in [0.4, 0.5) is 11.4 Å². The molecule has 2 aromatic carbocycles. The lowest BCUT2D eigenvalue weighted by Crippen LogP contribution is -2.17. The lowest BCUT2D eigenvalue weighted by Gasteiger charge is -2.10. The molecule has 0 aliphatic rings. The van der Waals surface area contributed by atoms with Gasteiger partial charge in [-0.2, -0.15) is 0 Å². The van der Waals surface area contributed by atoms with Gasteiger partial charge in [0.2, 0.25) is 11.8 Å². The van der Waals surface area contributed by atoms with E-state index < -0.39 is 0 Å². The Morgan fingerprint density at radius 3 is 2.40 bits per heavy atom. The van der Waals surface area contributed by atoms with Gasteiger partial charge in [0.05, 0.1) is 25.0 Å². The van der Waals surface area contributed by atoms with Crippen LogP contribution < -0.4 is 15.4 Å². The molecule has 0 aliphatic carbocycles. The number of benzene rings is 2. The topological polar surface area (TPSA) is 98.1 Å². The van der Waals surface area contributed by atoms with Crippen molar-refractivity contribution in [2.24, 2.45) is 7.05 Å². The van der Waals surface area contributed by atoms with Gasteiger partial charge in [-0.1, -0.05) is 42.1 Å². The largest absolute Gasteiger partial charge is 0.495 e. The minimum absolute atomic E-state index is 0.0531. The molecule has 30 heavy (non-hydrogen) atoms. The molecule has 9 heteroatoms. The summed E-state index contributed by atoms with van der Waals surface area (Å²) in [5.74, 6) is 0.911. The van der Waals surface area contributed by atoms with Gasteiger partial charge in [-0.15, -0.1) is 10.2 Å². The number of hydrogen-bond acceptors (Lipinski definition) is 6. The summed E-state index contributed by atoms with van der Waals surface area (Å²) >= 11 is 1.26. The predicted molar refractivity (Wildman–Crippen MR) is 117 cm³/mol. The van der Waals surface area contributed by atoms with E-state index in [-0.39, 0.29) is 24.0 Å². The zero-order valence-electron chi connectivity index (χ0n) is 17.0. The molecule has 0 saturated heterocycles. The number of carbonyl (C=O) groups is 2. The molecule has 0 aliphatic heterocycles. The van der Waals surface area contributed by atoms with Crippen molar-refractivity contribution in [3.8, 4) is 5.75 Å². The Morgan fingerprint density at radius 1 is 1.00 bits per heavy atom. The van der Waals surface area contributed by atoms with Crippen LogP contribution in [0.2, 0.25) is 0 Å². The van der Waals surface area contributed by atoms with Gasteiger partial charge in [0, 0.05) is 12.7 Å². The second-order valence-corrected chi connectivity index (χ2v) is 7.48. The second-order valence-electron chi connectivity index (χ2n) is 6.53. The normalized spacial score (nSPS) is 10.5. The number of ether oxygens (including phenoxy) is 1. The zero-order chi connectivity index (χ0) is 21.5. The quantitative estimate of drug-likeness (QED) is 0.539. The molecule has 0 spiro atoms. The summed E-state index contributed by atoms with van der Waals surface area (Å²) in [4.78, 5) is 24.6. The van der Waals surface area contributed by atoms with Gasteiger partial charge >= 0.3 is 0 Å². The molecule has 0 saturated carbocycles. The molecule has 0 bridgehead atoms. The van der Waals surface area contributed by atoms with E-state index in [4.69, 9.17) is 4.74 Å². The number of amides is 2. The third kappa shape index (κ3) is 5.38. The van der Waals surface area contributed by atoms with Gasteiger partial charge in [0.25, 0.3) is 0 Å². The maximum absolute atomic E-state index is 12.4. The average molecular weight is 426 g/mol. The van der Waals surface area contributed by atoms with Crippen LogP contribution in [0, 0.1) is 6.92 Å². The van der Waals surface area contributed by atoms with Crippen molar-refractivity contribution < 1.29 is 14.3 Å². The highest BCUT2D eigenvalue weighted by Crippen LogP contribution is 2.23. The van der Waals surface area contributed by atoms with Crippen LogP contribution in [0.3, 0.4) is 0 Å². The molecular weight excluding hydrogens is 402 g/mol. The number of aromatic nitrogens is 3. The molecule has 156 valence electrons. The van der Waals surface area contributed by atoms with Crippen LogP contribution in [0.25, 0.3) is 0 Å². The maximum atomic E-state index is 12.4. The van der Waals surface area contributed by atoms with E-state index in [1.54, 1.807) is 30.9 Å². The molecule has 0 radical (unpaired) electrons. The van der Waals surface area contributed by atoms with Crippen molar-refractivity contribution >= 4 is 35.0 Å². The number of thioether (sulfide) groups is 1. The van der Waals surface area contributed by atoms with Gasteiger partial charge in [0.15, 0.2) is 5.16 Å². The molecule has 1 aromatic heterocycles. The SMILES string of the molecule is COc1ccccc1NC(=O)Cc1nnc(SCC(=O)Nc2ccccc2C)n1C. The number of carbonyl (C=O) groups excluding carboxylic acids is 2. The van der Waals surface area contributed by atoms with E-state index in [0.29, 0.717) is 22.4 Å². The maximum Gasteiger partial charge on any atom is 0.234 e. The van der Waals surface area contributed by atoms with E-state index >= 15 is 0 Å². The van der Waals surface area contributed by atoms with Crippen LogP contribution in [-0.2, 0) is 23.1 Å². The van der Waals surface area contributed by atoms with E-state index in [2.05, 4.69) is 20.8 Å². The van der Waals surface area contributed by atoms with Crippen molar-refractivity contribution in [3.05, 3.63) is 59.9 Å². The number of hydrogen-bond donors (Lipinski definition) is 2. The van der Waals surface area contributed by atoms with Crippen LogP contribution in [-0.4, -0.2) is 39.4 Å². The van der Waals surface area contributed by atoms with Crippen LogP contribution in [0.15, 0.2) is 53.7 Å². The minimum Gasteiger partial charge on any atom is -0.495 e. The highest BCUT2D eigenvalue weighted by Gasteiger charge is 2.15. The molecule has 0 fully saturated rings. The number of nitrogens with zero attached hydrogens (tertiary/aromatic N) is 3. The number of aryl methyl sites for hydroxylation is 1. The van der Waals surface area contributed by atoms with Crippen LogP contribution in [0.1, 0.15) is 11.4 Å². The van der Waals surface area contributed by atoms with Gasteiger partial charge in [-0.05, 0) is 30.7 Å². The standard InChI is InChI=1S/C21H23N5O3S/c1-14-8-4-5-9-15(14)22-20(28)13-30-21-25-24-18(26(21)2)12-19(27)23-16-10-6-7-11-17(16)29-3/h4-11H,12-13H2,1-3H3,(H,22,28)(H,23,27). The number of rotatable bonds is 8. The Hall–Kier alpha value is -3.33. The first-order valence-electron chi connectivity index (χ1n) is 9.27. The van der Waals surface area contributed by atoms with Gasteiger partial charge < -0.3 is 19.9 Å². The second kappa shape index (κ2) is 9.93.